The number of benzene rings is 1. The summed E-state index contributed by atoms with van der Waals surface area (Å²) in [7, 11) is 0. The van der Waals surface area contributed by atoms with Gasteiger partial charge >= 0.3 is 0 Å². The first kappa shape index (κ1) is 13.5. The number of aromatic nitrogens is 3. The van der Waals surface area contributed by atoms with Crippen LogP contribution in [-0.4, -0.2) is 27.4 Å². The zero-order valence-electron chi connectivity index (χ0n) is 10.6. The molecule has 19 heavy (non-hydrogen) atoms. The molecule has 2 rings (SSSR count). The zero-order chi connectivity index (χ0) is 13.8. The van der Waals surface area contributed by atoms with Crippen molar-refractivity contribution in [3.63, 3.8) is 0 Å². The van der Waals surface area contributed by atoms with E-state index in [2.05, 4.69) is 31.6 Å². The summed E-state index contributed by atoms with van der Waals surface area (Å²) in [5, 5.41) is 7.16. The molecule has 0 atom stereocenters. The molecule has 0 spiro atoms. The normalized spacial score (nSPS) is 10.3. The van der Waals surface area contributed by atoms with Crippen LogP contribution >= 0.6 is 15.9 Å². The van der Waals surface area contributed by atoms with Gasteiger partial charge in [0, 0.05) is 4.47 Å². The lowest BCUT2D eigenvalue weighted by Gasteiger charge is -2.10. The zero-order valence-corrected chi connectivity index (χ0v) is 12.1. The summed E-state index contributed by atoms with van der Waals surface area (Å²) in [6, 6.07) is 3.76. The van der Waals surface area contributed by atoms with Gasteiger partial charge < -0.3 is 4.74 Å². The Hall–Kier alpha value is -1.89. The molecule has 0 fully saturated rings. The molecule has 0 saturated heterocycles. The molecule has 0 aliphatic heterocycles. The van der Waals surface area contributed by atoms with Crippen molar-refractivity contribution in [3.05, 3.63) is 40.4 Å². The van der Waals surface area contributed by atoms with E-state index in [1.165, 1.54) is 17.3 Å². The number of hydrogen-bond donors (Lipinski definition) is 1. The van der Waals surface area contributed by atoms with Crippen LogP contribution in [0.1, 0.15) is 11.1 Å². The highest BCUT2D eigenvalue weighted by atomic mass is 79.9. The summed E-state index contributed by atoms with van der Waals surface area (Å²) in [5.74, 6) is 0.384. The fourth-order valence-electron chi connectivity index (χ4n) is 1.57. The number of hydrogen-bond acceptors (Lipinski definition) is 4. The molecular weight excluding hydrogens is 312 g/mol. The van der Waals surface area contributed by atoms with Crippen LogP contribution in [-0.2, 0) is 4.79 Å². The monoisotopic (exact) mass is 324 g/mol. The van der Waals surface area contributed by atoms with Gasteiger partial charge in [0.25, 0.3) is 5.91 Å². The molecule has 1 aromatic carbocycles. The van der Waals surface area contributed by atoms with E-state index in [-0.39, 0.29) is 12.5 Å². The van der Waals surface area contributed by atoms with Crippen LogP contribution in [0.4, 0.5) is 0 Å². The van der Waals surface area contributed by atoms with Gasteiger partial charge in [0.1, 0.15) is 18.4 Å². The van der Waals surface area contributed by atoms with E-state index >= 15 is 0 Å². The Morgan fingerprint density at radius 2 is 1.89 bits per heavy atom. The summed E-state index contributed by atoms with van der Waals surface area (Å²) in [4.78, 5) is 11.6. The number of carbonyl (C=O) groups excluding carboxylic acids is 1. The Morgan fingerprint density at radius 3 is 2.47 bits per heavy atom. The molecule has 0 unspecified atom stereocenters. The van der Waals surface area contributed by atoms with Gasteiger partial charge in [-0.15, -0.1) is 10.2 Å². The maximum absolute atomic E-state index is 11.6. The molecule has 100 valence electrons. The molecule has 0 bridgehead atoms. The minimum absolute atomic E-state index is 0.0707. The highest BCUT2D eigenvalue weighted by Gasteiger charge is 2.06. The van der Waals surface area contributed by atoms with E-state index < -0.39 is 0 Å². The maximum atomic E-state index is 11.6. The maximum Gasteiger partial charge on any atom is 0.276 e. The fraction of sp³-hybridized carbons (Fsp3) is 0.250. The third-order valence-corrected chi connectivity index (χ3v) is 3.70. The number of carbonyl (C=O) groups is 1. The second-order valence-electron chi connectivity index (χ2n) is 4.06. The van der Waals surface area contributed by atoms with Gasteiger partial charge in [0.2, 0.25) is 0 Å². The molecule has 1 N–H and O–H groups in total. The average molecular weight is 325 g/mol. The lowest BCUT2D eigenvalue weighted by atomic mass is 10.1. The summed E-state index contributed by atoms with van der Waals surface area (Å²) < 4.78 is 7.86. The topological polar surface area (TPSA) is 69.0 Å². The van der Waals surface area contributed by atoms with Crippen LogP contribution in [0, 0.1) is 13.8 Å². The molecule has 1 aromatic heterocycles. The molecule has 7 heteroatoms. The smallest absolute Gasteiger partial charge is 0.276 e. The van der Waals surface area contributed by atoms with E-state index in [1.54, 1.807) is 0 Å². The highest BCUT2D eigenvalue weighted by Crippen LogP contribution is 2.26. The van der Waals surface area contributed by atoms with Crippen molar-refractivity contribution in [2.24, 2.45) is 0 Å². The lowest BCUT2D eigenvalue weighted by molar-refractivity contribution is -0.119. The third kappa shape index (κ3) is 3.54. The number of halogens is 1. The van der Waals surface area contributed by atoms with Crippen molar-refractivity contribution in [1.82, 2.24) is 14.9 Å². The Morgan fingerprint density at radius 1 is 1.32 bits per heavy atom. The first-order valence-corrected chi connectivity index (χ1v) is 6.39. The second kappa shape index (κ2) is 5.83. The molecule has 6 nitrogen and oxygen atoms in total. The number of rotatable bonds is 4. The van der Waals surface area contributed by atoms with Gasteiger partial charge in [-0.3, -0.25) is 10.2 Å². The second-order valence-corrected chi connectivity index (χ2v) is 4.86. The first-order chi connectivity index (χ1) is 9.06. The van der Waals surface area contributed by atoms with Crippen LogP contribution in [0.25, 0.3) is 0 Å². The molecule has 0 aliphatic rings. The quantitative estimate of drug-likeness (QED) is 0.931. The van der Waals surface area contributed by atoms with E-state index in [0.29, 0.717) is 5.75 Å². The van der Waals surface area contributed by atoms with E-state index in [9.17, 15) is 4.79 Å². The number of nitrogens with zero attached hydrogens (tertiary/aromatic N) is 3. The SMILES string of the molecule is Cc1cc(OCC(=O)Nn2cnnc2)cc(C)c1Br. The van der Waals surface area contributed by atoms with Crippen molar-refractivity contribution in [1.29, 1.82) is 0 Å². The summed E-state index contributed by atoms with van der Waals surface area (Å²) in [5.41, 5.74) is 4.68. The van der Waals surface area contributed by atoms with E-state index in [1.807, 2.05) is 26.0 Å². The first-order valence-electron chi connectivity index (χ1n) is 5.60. The Kier molecular flexibility index (Phi) is 4.16. The predicted molar refractivity (Wildman–Crippen MR) is 73.5 cm³/mol. The van der Waals surface area contributed by atoms with Crippen LogP contribution in [0.5, 0.6) is 5.75 Å². The highest BCUT2D eigenvalue weighted by molar-refractivity contribution is 9.10. The van der Waals surface area contributed by atoms with Gasteiger partial charge in [-0.2, -0.15) is 0 Å². The largest absolute Gasteiger partial charge is 0.484 e. The summed E-state index contributed by atoms with van der Waals surface area (Å²) in [6.45, 7) is 3.88. The molecule has 1 heterocycles. The van der Waals surface area contributed by atoms with Crippen molar-refractivity contribution in [2.75, 3.05) is 12.0 Å². The molecule has 0 aliphatic carbocycles. The Bertz CT molecular complexity index is 560. The minimum Gasteiger partial charge on any atom is -0.484 e. The van der Waals surface area contributed by atoms with Crippen LogP contribution < -0.4 is 10.2 Å². The van der Waals surface area contributed by atoms with Crippen molar-refractivity contribution in [2.45, 2.75) is 13.8 Å². The van der Waals surface area contributed by atoms with Gasteiger partial charge in [-0.1, -0.05) is 15.9 Å². The molecule has 0 radical (unpaired) electrons. The van der Waals surface area contributed by atoms with Crippen molar-refractivity contribution < 1.29 is 9.53 Å². The predicted octanol–water partition coefficient (Wildman–Crippen LogP) is 1.81. The average Bonchev–Trinajstić information content (AvgIpc) is 2.86. The van der Waals surface area contributed by atoms with Gasteiger partial charge in [-0.05, 0) is 37.1 Å². The van der Waals surface area contributed by atoms with Crippen LogP contribution in [0.2, 0.25) is 0 Å². The number of aryl methyl sites for hydroxylation is 2. The third-order valence-electron chi connectivity index (χ3n) is 2.45. The van der Waals surface area contributed by atoms with Crippen LogP contribution in [0.3, 0.4) is 0 Å². The van der Waals surface area contributed by atoms with Crippen molar-refractivity contribution >= 4 is 21.8 Å². The van der Waals surface area contributed by atoms with Crippen LogP contribution in [0.15, 0.2) is 29.3 Å². The number of ether oxygens (including phenoxy) is 1. The Labute approximate surface area is 118 Å². The van der Waals surface area contributed by atoms with E-state index in [0.717, 1.165) is 15.6 Å². The molecule has 0 saturated carbocycles. The van der Waals surface area contributed by atoms with E-state index in [4.69, 9.17) is 4.74 Å². The van der Waals surface area contributed by atoms with Gasteiger partial charge in [0.15, 0.2) is 6.61 Å². The summed E-state index contributed by atoms with van der Waals surface area (Å²) >= 11 is 3.48. The van der Waals surface area contributed by atoms with Crippen molar-refractivity contribution in [3.8, 4) is 5.75 Å². The number of nitrogens with one attached hydrogen (secondary N) is 1. The minimum atomic E-state index is -0.280. The summed E-state index contributed by atoms with van der Waals surface area (Å²) in [6.07, 6.45) is 2.79. The lowest BCUT2D eigenvalue weighted by Crippen LogP contribution is -2.27. The fourth-order valence-corrected chi connectivity index (χ4v) is 1.80. The molecular formula is C12H13BrN4O2. The number of amides is 1. The molecule has 2 aromatic rings. The van der Waals surface area contributed by atoms with Gasteiger partial charge in [-0.25, -0.2) is 4.68 Å². The Balaban J connectivity index is 1.93. The molecule has 1 amide bonds. The van der Waals surface area contributed by atoms with Gasteiger partial charge in [0.05, 0.1) is 0 Å². The standard InChI is InChI=1S/C12H13BrN4O2/c1-8-3-10(4-9(2)12(8)13)19-5-11(18)16-17-6-14-15-7-17/h3-4,6-7H,5H2,1-2H3,(H,16,18).